The molecule has 0 amide bonds. The maximum atomic E-state index is 5.89. The lowest BCUT2D eigenvalue weighted by molar-refractivity contribution is 0.306. The Labute approximate surface area is 116 Å². The fourth-order valence-corrected chi connectivity index (χ4v) is 2.99. The van der Waals surface area contributed by atoms with Crippen molar-refractivity contribution < 1.29 is 4.74 Å². The smallest absolute Gasteiger partial charge is 0.144 e. The van der Waals surface area contributed by atoms with E-state index in [-0.39, 0.29) is 0 Å². The first-order valence-corrected chi connectivity index (χ1v) is 7.45. The van der Waals surface area contributed by atoms with Crippen LogP contribution in [-0.4, -0.2) is 13.2 Å². The SMILES string of the molecule is CCOc1cc(NCC2(CC)CCCC2)ccc1N. The third-order valence-corrected chi connectivity index (χ3v) is 4.40. The molecule has 0 heterocycles. The van der Waals surface area contributed by atoms with E-state index in [0.717, 1.165) is 18.0 Å². The largest absolute Gasteiger partial charge is 0.492 e. The van der Waals surface area contributed by atoms with Gasteiger partial charge in [-0.2, -0.15) is 0 Å². The van der Waals surface area contributed by atoms with Crippen LogP contribution in [0.15, 0.2) is 18.2 Å². The van der Waals surface area contributed by atoms with E-state index in [0.29, 0.717) is 17.7 Å². The van der Waals surface area contributed by atoms with Gasteiger partial charge in [0.25, 0.3) is 0 Å². The van der Waals surface area contributed by atoms with Gasteiger partial charge in [-0.25, -0.2) is 0 Å². The molecular formula is C16H26N2O. The number of nitrogen functional groups attached to an aromatic ring is 1. The van der Waals surface area contributed by atoms with Crippen molar-refractivity contribution in [3.05, 3.63) is 18.2 Å². The highest BCUT2D eigenvalue weighted by atomic mass is 16.5. The molecule has 3 N–H and O–H groups in total. The molecule has 1 aliphatic rings. The molecule has 0 unspecified atom stereocenters. The van der Waals surface area contributed by atoms with Gasteiger partial charge < -0.3 is 15.8 Å². The molecule has 0 aliphatic heterocycles. The molecule has 1 fully saturated rings. The summed E-state index contributed by atoms with van der Waals surface area (Å²) < 4.78 is 5.54. The number of benzene rings is 1. The van der Waals surface area contributed by atoms with Crippen molar-refractivity contribution in [3.63, 3.8) is 0 Å². The molecule has 0 aromatic heterocycles. The Balaban J connectivity index is 2.01. The van der Waals surface area contributed by atoms with Crippen molar-refractivity contribution in [2.75, 3.05) is 24.2 Å². The maximum absolute atomic E-state index is 5.89. The quantitative estimate of drug-likeness (QED) is 0.760. The van der Waals surface area contributed by atoms with Gasteiger partial charge in [0.15, 0.2) is 0 Å². The van der Waals surface area contributed by atoms with Gasteiger partial charge in [-0.1, -0.05) is 19.8 Å². The number of hydrogen-bond donors (Lipinski definition) is 2. The predicted octanol–water partition coefficient (Wildman–Crippen LogP) is 4.05. The minimum absolute atomic E-state index is 0.493. The number of rotatable bonds is 6. The summed E-state index contributed by atoms with van der Waals surface area (Å²) in [5.41, 5.74) is 8.20. The highest BCUT2D eigenvalue weighted by Gasteiger charge is 2.31. The van der Waals surface area contributed by atoms with Gasteiger partial charge in [0.1, 0.15) is 5.75 Å². The van der Waals surface area contributed by atoms with Gasteiger partial charge in [-0.15, -0.1) is 0 Å². The molecule has 0 bridgehead atoms. The van der Waals surface area contributed by atoms with Crippen LogP contribution in [0, 0.1) is 5.41 Å². The van der Waals surface area contributed by atoms with Crippen molar-refractivity contribution in [2.24, 2.45) is 5.41 Å². The summed E-state index contributed by atoms with van der Waals surface area (Å²) >= 11 is 0. The van der Waals surface area contributed by atoms with Crippen molar-refractivity contribution in [3.8, 4) is 5.75 Å². The number of anilines is 2. The van der Waals surface area contributed by atoms with Gasteiger partial charge in [0.2, 0.25) is 0 Å². The summed E-state index contributed by atoms with van der Waals surface area (Å²) in [6.45, 7) is 5.98. The summed E-state index contributed by atoms with van der Waals surface area (Å²) in [5, 5.41) is 3.57. The van der Waals surface area contributed by atoms with E-state index >= 15 is 0 Å². The number of nitrogens with two attached hydrogens (primary N) is 1. The van der Waals surface area contributed by atoms with Crippen molar-refractivity contribution in [1.82, 2.24) is 0 Å². The number of ether oxygens (including phenoxy) is 1. The fraction of sp³-hybridized carbons (Fsp3) is 0.625. The Morgan fingerprint density at radius 2 is 2.00 bits per heavy atom. The summed E-state index contributed by atoms with van der Waals surface area (Å²) in [4.78, 5) is 0. The third kappa shape index (κ3) is 3.34. The zero-order valence-corrected chi connectivity index (χ0v) is 12.2. The Kier molecular flexibility index (Phi) is 4.56. The van der Waals surface area contributed by atoms with Crippen molar-refractivity contribution in [2.45, 2.75) is 46.0 Å². The lowest BCUT2D eigenvalue weighted by atomic mass is 9.83. The van der Waals surface area contributed by atoms with Crippen molar-refractivity contribution in [1.29, 1.82) is 0 Å². The Bertz CT molecular complexity index is 411. The average Bonchev–Trinajstić information content (AvgIpc) is 2.89. The van der Waals surface area contributed by atoms with E-state index in [1.54, 1.807) is 0 Å². The second-order valence-corrected chi connectivity index (χ2v) is 5.60. The minimum atomic E-state index is 0.493. The van der Waals surface area contributed by atoms with Crippen LogP contribution >= 0.6 is 0 Å². The molecule has 3 nitrogen and oxygen atoms in total. The summed E-state index contributed by atoms with van der Waals surface area (Å²) in [7, 11) is 0. The summed E-state index contributed by atoms with van der Waals surface area (Å²) in [5.74, 6) is 0.782. The molecule has 1 aromatic rings. The second kappa shape index (κ2) is 6.18. The first kappa shape index (κ1) is 14.0. The van der Waals surface area contributed by atoms with E-state index in [1.165, 1.54) is 32.1 Å². The van der Waals surface area contributed by atoms with E-state index in [2.05, 4.69) is 12.2 Å². The van der Waals surface area contributed by atoms with Crippen LogP contribution in [0.4, 0.5) is 11.4 Å². The molecule has 106 valence electrons. The standard InChI is InChI=1S/C16H26N2O/c1-3-16(9-5-6-10-16)12-18-13-7-8-14(17)15(11-13)19-4-2/h7-8,11,18H,3-6,9-10,12,17H2,1-2H3. The van der Waals surface area contributed by atoms with E-state index in [9.17, 15) is 0 Å². The first-order chi connectivity index (χ1) is 9.19. The lowest BCUT2D eigenvalue weighted by Gasteiger charge is -2.28. The van der Waals surface area contributed by atoms with Crippen LogP contribution in [-0.2, 0) is 0 Å². The molecule has 0 atom stereocenters. The Morgan fingerprint density at radius 3 is 2.63 bits per heavy atom. The zero-order valence-electron chi connectivity index (χ0n) is 12.2. The number of hydrogen-bond acceptors (Lipinski definition) is 3. The fourth-order valence-electron chi connectivity index (χ4n) is 2.99. The molecule has 19 heavy (non-hydrogen) atoms. The molecule has 0 radical (unpaired) electrons. The normalized spacial score (nSPS) is 17.4. The van der Waals surface area contributed by atoms with Gasteiger partial charge in [-0.05, 0) is 43.7 Å². The van der Waals surface area contributed by atoms with Crippen LogP contribution in [0.25, 0.3) is 0 Å². The minimum Gasteiger partial charge on any atom is -0.492 e. The van der Waals surface area contributed by atoms with E-state index < -0.39 is 0 Å². The predicted molar refractivity (Wildman–Crippen MR) is 81.7 cm³/mol. The zero-order chi connectivity index (χ0) is 13.7. The second-order valence-electron chi connectivity index (χ2n) is 5.60. The monoisotopic (exact) mass is 262 g/mol. The molecule has 1 aromatic carbocycles. The highest BCUT2D eigenvalue weighted by Crippen LogP contribution is 2.41. The molecule has 1 aliphatic carbocycles. The van der Waals surface area contributed by atoms with E-state index in [4.69, 9.17) is 10.5 Å². The average molecular weight is 262 g/mol. The number of nitrogens with one attached hydrogen (secondary N) is 1. The van der Waals surface area contributed by atoms with Gasteiger partial charge in [0.05, 0.1) is 12.3 Å². The highest BCUT2D eigenvalue weighted by molar-refractivity contribution is 5.61. The molecule has 3 heteroatoms. The van der Waals surface area contributed by atoms with Crippen LogP contribution in [0.5, 0.6) is 5.75 Å². The van der Waals surface area contributed by atoms with Gasteiger partial charge in [0, 0.05) is 18.3 Å². The van der Waals surface area contributed by atoms with Gasteiger partial charge >= 0.3 is 0 Å². The van der Waals surface area contributed by atoms with Crippen LogP contribution < -0.4 is 15.8 Å². The first-order valence-electron chi connectivity index (χ1n) is 7.45. The molecule has 1 saturated carbocycles. The Morgan fingerprint density at radius 1 is 1.26 bits per heavy atom. The molecule has 0 spiro atoms. The molecule has 0 saturated heterocycles. The molecule has 2 rings (SSSR count). The van der Waals surface area contributed by atoms with Crippen LogP contribution in [0.2, 0.25) is 0 Å². The van der Waals surface area contributed by atoms with Crippen LogP contribution in [0.1, 0.15) is 46.0 Å². The molecular weight excluding hydrogens is 236 g/mol. The maximum Gasteiger partial charge on any atom is 0.144 e. The van der Waals surface area contributed by atoms with E-state index in [1.807, 2.05) is 25.1 Å². The van der Waals surface area contributed by atoms with Crippen molar-refractivity contribution >= 4 is 11.4 Å². The third-order valence-electron chi connectivity index (χ3n) is 4.40. The summed E-state index contributed by atoms with van der Waals surface area (Å²) in [6, 6.07) is 5.97. The lowest BCUT2D eigenvalue weighted by Crippen LogP contribution is -2.25. The Hall–Kier alpha value is -1.38. The summed E-state index contributed by atoms with van der Waals surface area (Å²) in [6.07, 6.45) is 6.71. The topological polar surface area (TPSA) is 47.3 Å². The van der Waals surface area contributed by atoms with Crippen LogP contribution in [0.3, 0.4) is 0 Å². The van der Waals surface area contributed by atoms with Gasteiger partial charge in [-0.3, -0.25) is 0 Å².